The first-order valence-electron chi connectivity index (χ1n) is 7.91. The van der Waals surface area contributed by atoms with Crippen LogP contribution in [-0.2, 0) is 0 Å². The van der Waals surface area contributed by atoms with Crippen LogP contribution in [0.2, 0.25) is 18.7 Å². The van der Waals surface area contributed by atoms with E-state index >= 15 is 0 Å². The van der Waals surface area contributed by atoms with Crippen LogP contribution in [0.4, 0.5) is 0 Å². The molecule has 3 aromatic carbocycles. The molecule has 128 valence electrons. The van der Waals surface area contributed by atoms with E-state index < -0.39 is 0 Å². The highest BCUT2D eigenvalue weighted by atomic mass is 35.5. The lowest BCUT2D eigenvalue weighted by Gasteiger charge is -2.10. The predicted molar refractivity (Wildman–Crippen MR) is 108 cm³/mol. The van der Waals surface area contributed by atoms with Crippen molar-refractivity contribution in [2.24, 2.45) is 0 Å². The lowest BCUT2D eigenvalue weighted by Crippen LogP contribution is -2.21. The number of benzene rings is 3. The molecule has 0 fully saturated rings. The molecular weight excluding hydrogens is 330 g/mol. The van der Waals surface area contributed by atoms with Gasteiger partial charge in [-0.3, -0.25) is 0 Å². The van der Waals surface area contributed by atoms with Gasteiger partial charge in [-0.2, -0.15) is 0 Å². The average Bonchev–Trinajstić information content (AvgIpc) is 2.58. The fraction of sp³-hybridized carbons (Fsp3) is 0.143. The molecule has 0 aliphatic heterocycles. The largest absolute Gasteiger partial charge is 0.457 e. The molecule has 0 aliphatic rings. The van der Waals surface area contributed by atoms with E-state index in [1.54, 1.807) is 12.1 Å². The van der Waals surface area contributed by atoms with E-state index in [0.29, 0.717) is 17.5 Å². The van der Waals surface area contributed by atoms with Crippen molar-refractivity contribution in [2.75, 3.05) is 0 Å². The molecule has 0 unspecified atom stereocenters. The van der Waals surface area contributed by atoms with Gasteiger partial charge in [0.15, 0.2) is 6.71 Å². The average molecular weight is 353 g/mol. The minimum atomic E-state index is 0. The minimum Gasteiger partial charge on any atom is -0.457 e. The normalized spacial score (nSPS) is 9.88. The summed E-state index contributed by atoms with van der Waals surface area (Å²) in [7, 11) is 0. The number of halogens is 1. The summed E-state index contributed by atoms with van der Waals surface area (Å²) in [5.74, 6) is 2.99. The van der Waals surface area contributed by atoms with E-state index in [4.69, 9.17) is 21.1 Å². The Morgan fingerprint density at radius 3 is 1.64 bits per heavy atom. The molecule has 0 aromatic heterocycles. The highest BCUT2D eigenvalue weighted by Crippen LogP contribution is 2.28. The van der Waals surface area contributed by atoms with Gasteiger partial charge in [0.2, 0.25) is 0 Å². The summed E-state index contributed by atoms with van der Waals surface area (Å²) >= 11 is 5.89. The molecule has 0 heterocycles. The molecule has 0 saturated heterocycles. The molecule has 25 heavy (non-hydrogen) atoms. The number of hydrogen-bond acceptors (Lipinski definition) is 2. The summed E-state index contributed by atoms with van der Waals surface area (Å²) in [5.41, 5.74) is 1.29. The van der Waals surface area contributed by atoms with Gasteiger partial charge in [-0.15, -0.1) is 0 Å². The van der Waals surface area contributed by atoms with Crippen LogP contribution >= 0.6 is 11.6 Å². The van der Waals surface area contributed by atoms with E-state index in [-0.39, 0.29) is 7.43 Å². The summed E-state index contributed by atoms with van der Waals surface area (Å²) < 4.78 is 11.7. The van der Waals surface area contributed by atoms with Gasteiger partial charge < -0.3 is 9.47 Å². The predicted octanol–water partition coefficient (Wildman–Crippen LogP) is 6.52. The second-order valence-corrected chi connectivity index (χ2v) is 6.29. The minimum absolute atomic E-state index is 0. The van der Waals surface area contributed by atoms with Gasteiger partial charge in [0, 0.05) is 11.1 Å². The van der Waals surface area contributed by atoms with Crippen molar-refractivity contribution in [3.63, 3.8) is 0 Å². The fourth-order valence-electron chi connectivity index (χ4n) is 2.30. The van der Waals surface area contributed by atoms with Gasteiger partial charge in [0.1, 0.15) is 23.0 Å². The standard InChI is InChI=1S/C20H18BClO2.CH4/c1-21(2)15-6-10-17(11-7-15)23-19-4-3-5-20(14-19)24-18-12-8-16(22)9-13-18;/h3-14H,1-2H3;1H4. The maximum absolute atomic E-state index is 5.91. The Morgan fingerprint density at radius 2 is 1.16 bits per heavy atom. The molecule has 0 radical (unpaired) electrons. The Hall–Kier alpha value is -2.39. The summed E-state index contributed by atoms with van der Waals surface area (Å²) in [4.78, 5) is 0. The van der Waals surface area contributed by atoms with Crippen molar-refractivity contribution in [3.05, 3.63) is 77.8 Å². The first-order valence-corrected chi connectivity index (χ1v) is 8.29. The molecule has 0 amide bonds. The van der Waals surface area contributed by atoms with E-state index in [0.717, 1.165) is 17.2 Å². The van der Waals surface area contributed by atoms with Gasteiger partial charge in [0.05, 0.1) is 0 Å². The highest BCUT2D eigenvalue weighted by Gasteiger charge is 2.04. The van der Waals surface area contributed by atoms with Gasteiger partial charge in [0.25, 0.3) is 0 Å². The molecule has 0 spiro atoms. The van der Waals surface area contributed by atoms with E-state index in [1.165, 1.54) is 5.46 Å². The van der Waals surface area contributed by atoms with Crippen molar-refractivity contribution in [2.45, 2.75) is 21.1 Å². The molecule has 2 nitrogen and oxygen atoms in total. The Labute approximate surface area is 155 Å². The van der Waals surface area contributed by atoms with Crippen molar-refractivity contribution < 1.29 is 9.47 Å². The molecule has 0 aliphatic carbocycles. The van der Waals surface area contributed by atoms with Crippen LogP contribution in [0.5, 0.6) is 23.0 Å². The van der Waals surface area contributed by atoms with Gasteiger partial charge in [-0.1, -0.05) is 56.3 Å². The van der Waals surface area contributed by atoms with Crippen molar-refractivity contribution >= 4 is 23.8 Å². The maximum atomic E-state index is 5.91. The Balaban J connectivity index is 0.00000225. The molecule has 0 N–H and O–H groups in total. The quantitative estimate of drug-likeness (QED) is 0.486. The second-order valence-electron chi connectivity index (χ2n) is 5.86. The van der Waals surface area contributed by atoms with Crippen LogP contribution in [0.25, 0.3) is 0 Å². The van der Waals surface area contributed by atoms with Gasteiger partial charge in [-0.05, 0) is 48.5 Å². The SMILES string of the molecule is C.CB(C)c1ccc(Oc2cccc(Oc3ccc(Cl)cc3)c2)cc1. The fourth-order valence-corrected chi connectivity index (χ4v) is 2.42. The molecule has 0 atom stereocenters. The summed E-state index contributed by atoms with van der Waals surface area (Å²) in [5, 5.41) is 0.685. The number of hydrogen-bond donors (Lipinski definition) is 0. The lowest BCUT2D eigenvalue weighted by atomic mass is 9.49. The van der Waals surface area contributed by atoms with Crippen LogP contribution in [0, 0.1) is 0 Å². The van der Waals surface area contributed by atoms with Crippen LogP contribution in [-0.4, -0.2) is 6.71 Å². The zero-order valence-corrected chi connectivity index (χ0v) is 14.5. The van der Waals surface area contributed by atoms with E-state index in [1.807, 2.05) is 48.5 Å². The topological polar surface area (TPSA) is 18.5 Å². The zero-order chi connectivity index (χ0) is 16.9. The van der Waals surface area contributed by atoms with E-state index in [2.05, 4.69) is 25.8 Å². The van der Waals surface area contributed by atoms with Crippen molar-refractivity contribution in [1.82, 2.24) is 0 Å². The molecule has 0 saturated carbocycles. The highest BCUT2D eigenvalue weighted by molar-refractivity contribution is 6.70. The van der Waals surface area contributed by atoms with Crippen molar-refractivity contribution in [3.8, 4) is 23.0 Å². The zero-order valence-electron chi connectivity index (χ0n) is 13.7. The Kier molecular flexibility index (Phi) is 6.54. The number of rotatable bonds is 5. The van der Waals surface area contributed by atoms with Crippen LogP contribution in [0.1, 0.15) is 7.43 Å². The van der Waals surface area contributed by atoms with E-state index in [9.17, 15) is 0 Å². The summed E-state index contributed by atoms with van der Waals surface area (Å²) in [6, 6.07) is 23.0. The molecule has 3 aromatic rings. The molecular formula is C21H22BClO2. The molecule has 0 bridgehead atoms. The van der Waals surface area contributed by atoms with Gasteiger partial charge >= 0.3 is 0 Å². The third kappa shape index (κ3) is 5.30. The first-order chi connectivity index (χ1) is 11.6. The first kappa shape index (κ1) is 18.9. The van der Waals surface area contributed by atoms with Crippen LogP contribution < -0.4 is 14.9 Å². The third-order valence-corrected chi connectivity index (χ3v) is 3.89. The van der Waals surface area contributed by atoms with Crippen molar-refractivity contribution in [1.29, 1.82) is 0 Å². The summed E-state index contributed by atoms with van der Waals surface area (Å²) in [6.07, 6.45) is 0. The number of ether oxygens (including phenoxy) is 2. The van der Waals surface area contributed by atoms with Crippen LogP contribution in [0.3, 0.4) is 0 Å². The molecule has 4 heteroatoms. The van der Waals surface area contributed by atoms with Gasteiger partial charge in [-0.25, -0.2) is 0 Å². The third-order valence-electron chi connectivity index (χ3n) is 3.64. The smallest absolute Gasteiger partial charge is 0.169 e. The summed E-state index contributed by atoms with van der Waals surface area (Å²) in [6.45, 7) is 4.86. The lowest BCUT2D eigenvalue weighted by molar-refractivity contribution is 0.460. The maximum Gasteiger partial charge on any atom is 0.169 e. The van der Waals surface area contributed by atoms with Crippen LogP contribution in [0.15, 0.2) is 72.8 Å². The monoisotopic (exact) mass is 352 g/mol. The Morgan fingerprint density at radius 1 is 0.680 bits per heavy atom. The Bertz CT molecular complexity index is 799. The second kappa shape index (κ2) is 8.64. The molecule has 3 rings (SSSR count).